The molecule has 9 heavy (non-hydrogen) atoms. The third-order valence-corrected chi connectivity index (χ3v) is 0.840. The van der Waals surface area contributed by atoms with Crippen LogP contribution in [0.2, 0.25) is 0 Å². The van der Waals surface area contributed by atoms with Crippen molar-refractivity contribution in [1.82, 2.24) is 5.32 Å². The lowest BCUT2D eigenvalue weighted by Gasteiger charge is -1.92. The fourth-order valence-electron chi connectivity index (χ4n) is 0.400. The summed E-state index contributed by atoms with van der Waals surface area (Å²) in [4.78, 5) is 0. The van der Waals surface area contributed by atoms with E-state index in [-0.39, 0.29) is 0 Å². The van der Waals surface area contributed by atoms with Crippen molar-refractivity contribution in [3.63, 3.8) is 0 Å². The van der Waals surface area contributed by atoms with Crippen LogP contribution >= 0.6 is 0 Å². The van der Waals surface area contributed by atoms with Gasteiger partial charge in [0.15, 0.2) is 0 Å². The van der Waals surface area contributed by atoms with Crippen molar-refractivity contribution in [2.24, 2.45) is 5.92 Å². The van der Waals surface area contributed by atoms with Gasteiger partial charge in [-0.2, -0.15) is 0 Å². The van der Waals surface area contributed by atoms with Crippen LogP contribution in [0.15, 0.2) is 24.6 Å². The van der Waals surface area contributed by atoms with Gasteiger partial charge in [0.1, 0.15) is 0 Å². The predicted octanol–water partition coefficient (Wildman–Crippen LogP) is 2.28. The SMILES string of the molecule is C/C=C\N/C=C/C(C)C. The molecule has 0 aliphatic heterocycles. The van der Waals surface area contributed by atoms with E-state index in [1.165, 1.54) is 0 Å². The number of rotatable bonds is 3. The summed E-state index contributed by atoms with van der Waals surface area (Å²) in [7, 11) is 0. The largest absolute Gasteiger partial charge is 0.368 e. The Hall–Kier alpha value is -0.720. The van der Waals surface area contributed by atoms with Crippen LogP contribution < -0.4 is 5.32 Å². The van der Waals surface area contributed by atoms with E-state index in [0.29, 0.717) is 5.92 Å². The van der Waals surface area contributed by atoms with E-state index < -0.39 is 0 Å². The first-order chi connectivity index (χ1) is 4.27. The van der Waals surface area contributed by atoms with Gasteiger partial charge in [0.05, 0.1) is 0 Å². The normalized spacial score (nSPS) is 12.0. The van der Waals surface area contributed by atoms with Crippen LogP contribution in [0.3, 0.4) is 0 Å². The van der Waals surface area contributed by atoms with Gasteiger partial charge in [-0.05, 0) is 25.2 Å². The number of hydrogen-bond acceptors (Lipinski definition) is 1. The van der Waals surface area contributed by atoms with E-state index in [1.54, 1.807) is 0 Å². The summed E-state index contributed by atoms with van der Waals surface area (Å²) in [5, 5.41) is 3.01. The fraction of sp³-hybridized carbons (Fsp3) is 0.500. The van der Waals surface area contributed by atoms with E-state index >= 15 is 0 Å². The van der Waals surface area contributed by atoms with Gasteiger partial charge in [0, 0.05) is 0 Å². The zero-order valence-electron chi connectivity index (χ0n) is 6.39. The van der Waals surface area contributed by atoms with E-state index in [4.69, 9.17) is 0 Å². The van der Waals surface area contributed by atoms with Crippen LogP contribution in [-0.2, 0) is 0 Å². The predicted molar refractivity (Wildman–Crippen MR) is 41.9 cm³/mol. The lowest BCUT2D eigenvalue weighted by atomic mass is 10.2. The van der Waals surface area contributed by atoms with E-state index in [1.807, 2.05) is 25.4 Å². The van der Waals surface area contributed by atoms with Gasteiger partial charge in [-0.25, -0.2) is 0 Å². The smallest absolute Gasteiger partial charge is 0.00332 e. The summed E-state index contributed by atoms with van der Waals surface area (Å²) < 4.78 is 0. The topological polar surface area (TPSA) is 12.0 Å². The minimum Gasteiger partial charge on any atom is -0.368 e. The summed E-state index contributed by atoms with van der Waals surface area (Å²) in [5.41, 5.74) is 0. The average Bonchev–Trinajstić information content (AvgIpc) is 1.80. The van der Waals surface area contributed by atoms with Crippen molar-refractivity contribution in [3.05, 3.63) is 24.6 Å². The summed E-state index contributed by atoms with van der Waals surface area (Å²) >= 11 is 0. The highest BCUT2D eigenvalue weighted by atomic mass is 14.8. The van der Waals surface area contributed by atoms with E-state index in [0.717, 1.165) is 0 Å². The Kier molecular flexibility index (Phi) is 4.98. The summed E-state index contributed by atoms with van der Waals surface area (Å²) in [6.07, 6.45) is 7.92. The molecule has 52 valence electrons. The second kappa shape index (κ2) is 5.42. The highest BCUT2D eigenvalue weighted by molar-refractivity contribution is 4.88. The summed E-state index contributed by atoms with van der Waals surface area (Å²) in [5.74, 6) is 0.628. The lowest BCUT2D eigenvalue weighted by Crippen LogP contribution is -1.91. The van der Waals surface area contributed by atoms with Crippen molar-refractivity contribution < 1.29 is 0 Å². The Bertz CT molecular complexity index is 101. The molecule has 0 rings (SSSR count). The molecule has 1 nitrogen and oxygen atoms in total. The van der Waals surface area contributed by atoms with Crippen LogP contribution in [0, 0.1) is 5.92 Å². The molecule has 0 saturated heterocycles. The second-order valence-corrected chi connectivity index (χ2v) is 2.27. The molecule has 0 aliphatic carbocycles. The quantitative estimate of drug-likeness (QED) is 0.610. The van der Waals surface area contributed by atoms with Crippen LogP contribution in [-0.4, -0.2) is 0 Å². The number of hydrogen-bond donors (Lipinski definition) is 1. The molecule has 0 aromatic carbocycles. The molecule has 0 radical (unpaired) electrons. The standard InChI is InChI=1S/C8H15N/c1-4-6-9-7-5-8(2)3/h4-9H,1-3H3/b6-4-,7-5+. The molecule has 1 heteroatoms. The molecular weight excluding hydrogens is 110 g/mol. The molecule has 0 aromatic rings. The molecular formula is C8H15N. The van der Waals surface area contributed by atoms with E-state index in [9.17, 15) is 0 Å². The van der Waals surface area contributed by atoms with Gasteiger partial charge >= 0.3 is 0 Å². The zero-order chi connectivity index (χ0) is 7.11. The van der Waals surface area contributed by atoms with Crippen molar-refractivity contribution in [2.75, 3.05) is 0 Å². The number of nitrogens with one attached hydrogen (secondary N) is 1. The average molecular weight is 125 g/mol. The van der Waals surface area contributed by atoms with Gasteiger partial charge in [-0.15, -0.1) is 0 Å². The first-order valence-corrected chi connectivity index (χ1v) is 3.31. The van der Waals surface area contributed by atoms with Crippen molar-refractivity contribution in [3.8, 4) is 0 Å². The van der Waals surface area contributed by atoms with Gasteiger partial charge in [-0.1, -0.05) is 26.0 Å². The maximum atomic E-state index is 3.01. The first kappa shape index (κ1) is 8.28. The van der Waals surface area contributed by atoms with Crippen LogP contribution in [0.25, 0.3) is 0 Å². The third kappa shape index (κ3) is 7.28. The molecule has 0 unspecified atom stereocenters. The van der Waals surface area contributed by atoms with Crippen molar-refractivity contribution >= 4 is 0 Å². The summed E-state index contributed by atoms with van der Waals surface area (Å²) in [6.45, 7) is 6.28. The minimum absolute atomic E-state index is 0.628. The van der Waals surface area contributed by atoms with Crippen LogP contribution in [0.5, 0.6) is 0 Å². The fourth-order valence-corrected chi connectivity index (χ4v) is 0.400. The van der Waals surface area contributed by atoms with Gasteiger partial charge < -0.3 is 5.32 Å². The zero-order valence-corrected chi connectivity index (χ0v) is 6.39. The molecule has 1 N–H and O–H groups in total. The van der Waals surface area contributed by atoms with E-state index in [2.05, 4.69) is 25.2 Å². The Labute approximate surface area is 57.5 Å². The maximum absolute atomic E-state index is 3.01. The molecule has 0 aromatic heterocycles. The van der Waals surface area contributed by atoms with Gasteiger partial charge in [-0.3, -0.25) is 0 Å². The molecule has 0 bridgehead atoms. The molecule has 0 aliphatic rings. The Balaban J connectivity index is 3.25. The van der Waals surface area contributed by atoms with Crippen LogP contribution in [0.1, 0.15) is 20.8 Å². The van der Waals surface area contributed by atoms with Crippen LogP contribution in [0.4, 0.5) is 0 Å². The van der Waals surface area contributed by atoms with Gasteiger partial charge in [0.25, 0.3) is 0 Å². The Morgan fingerprint density at radius 2 is 1.89 bits per heavy atom. The highest BCUT2D eigenvalue weighted by Gasteiger charge is 1.78. The lowest BCUT2D eigenvalue weighted by molar-refractivity contribution is 0.824. The Morgan fingerprint density at radius 3 is 2.33 bits per heavy atom. The maximum Gasteiger partial charge on any atom is -0.00332 e. The molecule has 0 atom stereocenters. The number of allylic oxidation sites excluding steroid dienone is 2. The third-order valence-electron chi connectivity index (χ3n) is 0.840. The van der Waals surface area contributed by atoms with Crippen molar-refractivity contribution in [1.29, 1.82) is 0 Å². The van der Waals surface area contributed by atoms with Crippen molar-refractivity contribution in [2.45, 2.75) is 20.8 Å². The molecule has 0 amide bonds. The minimum atomic E-state index is 0.628. The molecule has 0 saturated carbocycles. The highest BCUT2D eigenvalue weighted by Crippen LogP contribution is 1.90. The second-order valence-electron chi connectivity index (χ2n) is 2.27. The first-order valence-electron chi connectivity index (χ1n) is 3.31. The summed E-state index contributed by atoms with van der Waals surface area (Å²) in [6, 6.07) is 0. The monoisotopic (exact) mass is 125 g/mol. The molecule has 0 spiro atoms. The molecule has 0 heterocycles. The van der Waals surface area contributed by atoms with Gasteiger partial charge in [0.2, 0.25) is 0 Å². The Morgan fingerprint density at radius 1 is 1.22 bits per heavy atom. The molecule has 0 fully saturated rings.